The number of ether oxygens (including phenoxy) is 1. The molecule has 9 heteroatoms. The molecule has 2 N–H and O–H groups in total. The minimum Gasteiger partial charge on any atom is -0.390 e. The average Bonchev–Trinajstić information content (AvgIpc) is 2.98. The van der Waals surface area contributed by atoms with Crippen LogP contribution in [-0.4, -0.2) is 33.4 Å². The molecule has 26 heavy (non-hydrogen) atoms. The van der Waals surface area contributed by atoms with Crippen molar-refractivity contribution < 1.29 is 9.84 Å². The van der Waals surface area contributed by atoms with Gasteiger partial charge in [0, 0.05) is 30.4 Å². The van der Waals surface area contributed by atoms with Crippen LogP contribution in [0.3, 0.4) is 0 Å². The van der Waals surface area contributed by atoms with Gasteiger partial charge in [-0.25, -0.2) is 4.79 Å². The van der Waals surface area contributed by atoms with Gasteiger partial charge < -0.3 is 9.84 Å². The van der Waals surface area contributed by atoms with Crippen LogP contribution in [0.5, 0.6) is 0 Å². The maximum atomic E-state index is 12.1. The van der Waals surface area contributed by atoms with Crippen molar-refractivity contribution in [3.05, 3.63) is 43.0 Å². The molecule has 1 aromatic heterocycles. The Bertz CT molecular complexity index is 895. The number of nitrogens with one attached hydrogen (secondary N) is 1. The summed E-state index contributed by atoms with van der Waals surface area (Å²) >= 11 is 0. The zero-order valence-electron chi connectivity index (χ0n) is 14.1. The largest absolute Gasteiger partial charge is 0.390 e. The van der Waals surface area contributed by atoms with Crippen LogP contribution < -0.4 is 11.2 Å². The average molecular weight is 357 g/mol. The lowest BCUT2D eigenvalue weighted by atomic mass is 10.2. The molecule has 9 nitrogen and oxygen atoms in total. The van der Waals surface area contributed by atoms with Gasteiger partial charge in [-0.15, -0.1) is 12.3 Å². The van der Waals surface area contributed by atoms with E-state index in [-0.39, 0.29) is 18.5 Å². The van der Waals surface area contributed by atoms with Crippen molar-refractivity contribution in [2.45, 2.75) is 50.5 Å². The molecule has 0 aliphatic carbocycles. The Morgan fingerprint density at radius 2 is 2.23 bits per heavy atom. The lowest BCUT2D eigenvalue weighted by Gasteiger charge is -2.14. The van der Waals surface area contributed by atoms with Gasteiger partial charge in [-0.2, -0.15) is 0 Å². The molecule has 2 heterocycles. The first kappa shape index (κ1) is 19.4. The molecule has 0 amide bonds. The smallest absolute Gasteiger partial charge is 0.330 e. The third kappa shape index (κ3) is 5.01. The number of hydrogen-bond donors (Lipinski definition) is 2. The Labute approximate surface area is 149 Å². The molecule has 1 fully saturated rings. The number of aromatic amines is 1. The van der Waals surface area contributed by atoms with Gasteiger partial charge in [-0.3, -0.25) is 14.3 Å². The summed E-state index contributed by atoms with van der Waals surface area (Å²) in [5.41, 5.74) is 7.26. The molecule has 0 radical (unpaired) electrons. The summed E-state index contributed by atoms with van der Waals surface area (Å²) in [6.45, 7) is -0.0450. The number of rotatable bonds is 6. The third-order valence-electron chi connectivity index (χ3n) is 3.90. The van der Waals surface area contributed by atoms with E-state index in [9.17, 15) is 14.7 Å². The van der Waals surface area contributed by atoms with Gasteiger partial charge in [-0.05, 0) is 18.4 Å². The van der Waals surface area contributed by atoms with Gasteiger partial charge in [0.1, 0.15) is 11.8 Å². The van der Waals surface area contributed by atoms with Crippen LogP contribution in [-0.2, 0) is 4.74 Å². The predicted molar refractivity (Wildman–Crippen MR) is 94.0 cm³/mol. The van der Waals surface area contributed by atoms with Crippen molar-refractivity contribution in [3.63, 3.8) is 0 Å². The monoisotopic (exact) mass is 357 g/mol. The van der Waals surface area contributed by atoms with Gasteiger partial charge in [0.25, 0.3) is 5.56 Å². The van der Waals surface area contributed by atoms with Crippen molar-refractivity contribution in [2.75, 3.05) is 6.54 Å². The van der Waals surface area contributed by atoms with Gasteiger partial charge in [-0.1, -0.05) is 17.0 Å². The van der Waals surface area contributed by atoms with Crippen LogP contribution in [0.15, 0.2) is 20.9 Å². The maximum Gasteiger partial charge on any atom is 0.330 e. The Balaban J connectivity index is 2.14. The SMILES string of the molecule is C#CCCCCC#Cc1cn([C@H]2C[C@@H](O)[C@@H](CN=[N+]=[N-])O2)c(=O)[nH]c1=O. The first-order chi connectivity index (χ1) is 12.6. The van der Waals surface area contributed by atoms with E-state index in [0.29, 0.717) is 12.8 Å². The van der Waals surface area contributed by atoms with Crippen molar-refractivity contribution in [3.8, 4) is 24.2 Å². The minimum atomic E-state index is -0.880. The van der Waals surface area contributed by atoms with Gasteiger partial charge in [0.2, 0.25) is 0 Å². The van der Waals surface area contributed by atoms with E-state index in [0.717, 1.165) is 12.8 Å². The quantitative estimate of drug-likeness (QED) is 0.259. The third-order valence-corrected chi connectivity index (χ3v) is 3.90. The fourth-order valence-corrected chi connectivity index (χ4v) is 2.55. The zero-order valence-corrected chi connectivity index (χ0v) is 14.1. The molecular formula is C17H19N5O4. The van der Waals surface area contributed by atoms with E-state index in [1.54, 1.807) is 0 Å². The summed E-state index contributed by atoms with van der Waals surface area (Å²) in [5, 5.41) is 13.3. The lowest BCUT2D eigenvalue weighted by Crippen LogP contribution is -2.33. The Morgan fingerprint density at radius 3 is 2.96 bits per heavy atom. The number of hydrogen-bond acceptors (Lipinski definition) is 5. The van der Waals surface area contributed by atoms with Gasteiger partial charge in [0.05, 0.1) is 18.8 Å². The Hall–Kier alpha value is -2.97. The first-order valence-corrected chi connectivity index (χ1v) is 8.19. The highest BCUT2D eigenvalue weighted by atomic mass is 16.5. The Kier molecular flexibility index (Phi) is 7.07. The van der Waals surface area contributed by atoms with E-state index < -0.39 is 29.7 Å². The second-order valence-corrected chi connectivity index (χ2v) is 5.77. The summed E-state index contributed by atoms with van der Waals surface area (Å²) < 4.78 is 6.75. The number of aliphatic hydroxyl groups excluding tert-OH is 1. The number of terminal acetylenes is 1. The van der Waals surface area contributed by atoms with Crippen LogP contribution in [0.4, 0.5) is 0 Å². The molecule has 0 unspecified atom stereocenters. The van der Waals surface area contributed by atoms with Crippen molar-refractivity contribution in [1.29, 1.82) is 0 Å². The van der Waals surface area contributed by atoms with Crippen LogP contribution in [0.1, 0.15) is 43.9 Å². The number of aliphatic hydroxyl groups is 1. The molecule has 0 aromatic carbocycles. The highest BCUT2D eigenvalue weighted by molar-refractivity contribution is 5.29. The second-order valence-electron chi connectivity index (χ2n) is 5.77. The normalized spacial score (nSPS) is 21.3. The highest BCUT2D eigenvalue weighted by Crippen LogP contribution is 2.27. The molecule has 136 valence electrons. The van der Waals surface area contributed by atoms with Crippen molar-refractivity contribution in [1.82, 2.24) is 9.55 Å². The molecular weight excluding hydrogens is 338 g/mol. The number of azide groups is 1. The second kappa shape index (κ2) is 9.50. The minimum absolute atomic E-state index is 0.0450. The molecule has 1 aliphatic heterocycles. The molecule has 2 rings (SSSR count). The van der Waals surface area contributed by atoms with Gasteiger partial charge >= 0.3 is 5.69 Å². The van der Waals surface area contributed by atoms with Crippen molar-refractivity contribution >= 4 is 0 Å². The van der Waals surface area contributed by atoms with E-state index in [4.69, 9.17) is 16.7 Å². The molecule has 0 spiro atoms. The fraction of sp³-hybridized carbons (Fsp3) is 0.529. The van der Waals surface area contributed by atoms with Crippen LogP contribution in [0, 0.1) is 24.2 Å². The van der Waals surface area contributed by atoms with E-state index in [1.807, 2.05) is 0 Å². The summed E-state index contributed by atoms with van der Waals surface area (Å²) in [4.78, 5) is 28.8. The molecule has 0 bridgehead atoms. The first-order valence-electron chi connectivity index (χ1n) is 8.19. The number of nitrogens with zero attached hydrogens (tertiary/aromatic N) is 4. The van der Waals surface area contributed by atoms with Crippen LogP contribution in [0.2, 0.25) is 0 Å². The standard InChI is InChI=1S/C17H19N5O4/c1-2-3-4-5-6-7-8-12-11-22(17(25)20-16(12)24)15-9-13(23)14(26-15)10-19-21-18/h1,11,13-15,23H,3-6,9-10H2,(H,20,24,25)/t13-,14-,15-/m1/s1. The highest BCUT2D eigenvalue weighted by Gasteiger charge is 2.35. The van der Waals surface area contributed by atoms with Crippen LogP contribution >= 0.6 is 0 Å². The topological polar surface area (TPSA) is 133 Å². The lowest BCUT2D eigenvalue weighted by molar-refractivity contribution is -0.0151. The molecule has 0 saturated carbocycles. The maximum absolute atomic E-state index is 12.1. The summed E-state index contributed by atoms with van der Waals surface area (Å²) in [7, 11) is 0. The number of H-pyrrole nitrogens is 1. The fourth-order valence-electron chi connectivity index (χ4n) is 2.55. The molecule has 1 aromatic rings. The summed E-state index contributed by atoms with van der Waals surface area (Å²) in [6, 6.07) is 0. The zero-order chi connectivity index (χ0) is 18.9. The van der Waals surface area contributed by atoms with E-state index in [2.05, 4.69) is 32.8 Å². The summed E-state index contributed by atoms with van der Waals surface area (Å²) in [6.07, 6.45) is 7.24. The van der Waals surface area contributed by atoms with Crippen molar-refractivity contribution in [2.24, 2.45) is 5.11 Å². The molecule has 1 saturated heterocycles. The number of unbranched alkanes of at least 4 members (excludes halogenated alkanes) is 3. The molecule has 3 atom stereocenters. The van der Waals surface area contributed by atoms with E-state index in [1.165, 1.54) is 10.8 Å². The molecule has 1 aliphatic rings. The predicted octanol–water partition coefficient (Wildman–Crippen LogP) is 1.04. The summed E-state index contributed by atoms with van der Waals surface area (Å²) in [5.74, 6) is 8.18. The number of aromatic nitrogens is 2. The van der Waals surface area contributed by atoms with E-state index >= 15 is 0 Å². The van der Waals surface area contributed by atoms with Crippen LogP contribution in [0.25, 0.3) is 10.4 Å². The van der Waals surface area contributed by atoms with Gasteiger partial charge in [0.15, 0.2) is 0 Å². The Morgan fingerprint density at radius 1 is 1.46 bits per heavy atom.